The lowest BCUT2D eigenvalue weighted by atomic mass is 10.1. The third kappa shape index (κ3) is 3.29. The standard InChI is InChI=1S/C14H13FN2O4S/c1-10(11-6-2-3-7-12(11)15)16-22(20,21)14-9-5-4-8-13(14)17(18)19/h2-10,16H,1H3. The van der Waals surface area contributed by atoms with E-state index in [1.807, 2.05) is 0 Å². The maximum Gasteiger partial charge on any atom is 0.289 e. The van der Waals surface area contributed by atoms with Gasteiger partial charge in [-0.15, -0.1) is 0 Å². The molecule has 0 fully saturated rings. The van der Waals surface area contributed by atoms with Crippen LogP contribution in [0.4, 0.5) is 10.1 Å². The van der Waals surface area contributed by atoms with Crippen molar-refractivity contribution in [2.75, 3.05) is 0 Å². The van der Waals surface area contributed by atoms with E-state index in [2.05, 4.69) is 4.72 Å². The van der Waals surface area contributed by atoms with Gasteiger partial charge >= 0.3 is 0 Å². The van der Waals surface area contributed by atoms with E-state index in [1.165, 1.54) is 37.3 Å². The molecule has 2 aromatic rings. The topological polar surface area (TPSA) is 89.3 Å². The first-order valence-electron chi connectivity index (χ1n) is 6.33. The quantitative estimate of drug-likeness (QED) is 0.676. The van der Waals surface area contributed by atoms with Gasteiger partial charge < -0.3 is 0 Å². The molecule has 2 aromatic carbocycles. The summed E-state index contributed by atoms with van der Waals surface area (Å²) in [7, 11) is -4.16. The molecular formula is C14H13FN2O4S. The SMILES string of the molecule is CC(NS(=O)(=O)c1ccccc1[N+](=O)[O-])c1ccccc1F. The van der Waals surface area contributed by atoms with Gasteiger partial charge in [-0.3, -0.25) is 10.1 Å². The van der Waals surface area contributed by atoms with Crippen molar-refractivity contribution in [3.63, 3.8) is 0 Å². The molecule has 0 saturated heterocycles. The number of nitrogens with zero attached hydrogens (tertiary/aromatic N) is 1. The maximum absolute atomic E-state index is 13.7. The molecule has 1 atom stereocenters. The van der Waals surface area contributed by atoms with Gasteiger partial charge in [-0.1, -0.05) is 30.3 Å². The fourth-order valence-corrected chi connectivity index (χ4v) is 3.42. The molecule has 116 valence electrons. The highest BCUT2D eigenvalue weighted by Gasteiger charge is 2.27. The van der Waals surface area contributed by atoms with E-state index in [0.29, 0.717) is 0 Å². The molecule has 22 heavy (non-hydrogen) atoms. The predicted molar refractivity (Wildman–Crippen MR) is 78.2 cm³/mol. The molecule has 0 aliphatic rings. The molecule has 2 rings (SSSR count). The van der Waals surface area contributed by atoms with Gasteiger partial charge in [0, 0.05) is 17.7 Å². The number of rotatable bonds is 5. The van der Waals surface area contributed by atoms with Gasteiger partial charge in [0.05, 0.1) is 4.92 Å². The van der Waals surface area contributed by atoms with Crippen molar-refractivity contribution in [3.05, 3.63) is 70.0 Å². The minimum atomic E-state index is -4.16. The lowest BCUT2D eigenvalue weighted by molar-refractivity contribution is -0.387. The van der Waals surface area contributed by atoms with Crippen LogP contribution in [-0.2, 0) is 10.0 Å². The van der Waals surface area contributed by atoms with Crippen molar-refractivity contribution in [2.45, 2.75) is 17.9 Å². The molecule has 0 aliphatic heterocycles. The second-order valence-corrected chi connectivity index (χ2v) is 6.27. The number of para-hydroxylation sites is 1. The summed E-state index contributed by atoms with van der Waals surface area (Å²) in [5.41, 5.74) is -0.375. The van der Waals surface area contributed by atoms with Crippen molar-refractivity contribution in [3.8, 4) is 0 Å². The summed E-state index contributed by atoms with van der Waals surface area (Å²) in [6, 6.07) is 9.85. The number of halogens is 1. The summed E-state index contributed by atoms with van der Waals surface area (Å²) in [6.45, 7) is 1.46. The average molecular weight is 324 g/mol. The zero-order valence-electron chi connectivity index (χ0n) is 11.6. The molecule has 0 aliphatic carbocycles. The molecule has 1 unspecified atom stereocenters. The number of hydrogen-bond donors (Lipinski definition) is 1. The van der Waals surface area contributed by atoms with Gasteiger partial charge in [-0.25, -0.2) is 17.5 Å². The molecule has 0 saturated carbocycles. The van der Waals surface area contributed by atoms with Crippen molar-refractivity contribution in [1.82, 2.24) is 4.72 Å². The molecular weight excluding hydrogens is 311 g/mol. The largest absolute Gasteiger partial charge is 0.289 e. The summed E-state index contributed by atoms with van der Waals surface area (Å²) in [5, 5.41) is 10.9. The van der Waals surface area contributed by atoms with Crippen LogP contribution in [0.15, 0.2) is 53.4 Å². The molecule has 1 N–H and O–H groups in total. The number of benzene rings is 2. The highest BCUT2D eigenvalue weighted by molar-refractivity contribution is 7.89. The van der Waals surface area contributed by atoms with Crippen LogP contribution in [0.5, 0.6) is 0 Å². The van der Waals surface area contributed by atoms with Crippen LogP contribution >= 0.6 is 0 Å². The fourth-order valence-electron chi connectivity index (χ4n) is 2.02. The van der Waals surface area contributed by atoms with Crippen LogP contribution in [0.3, 0.4) is 0 Å². The van der Waals surface area contributed by atoms with E-state index in [0.717, 1.165) is 12.1 Å². The minimum Gasteiger partial charge on any atom is -0.258 e. The number of nitro groups is 1. The Balaban J connectivity index is 2.37. The Bertz CT molecular complexity index is 808. The molecule has 8 heteroatoms. The molecule has 0 amide bonds. The van der Waals surface area contributed by atoms with Crippen LogP contribution in [0.1, 0.15) is 18.5 Å². The Labute approximate surface area is 126 Å². The number of nitro benzene ring substituents is 1. The van der Waals surface area contributed by atoms with Crippen molar-refractivity contribution >= 4 is 15.7 Å². The third-order valence-corrected chi connectivity index (χ3v) is 4.64. The molecule has 0 heterocycles. The Morgan fingerprint density at radius 3 is 2.36 bits per heavy atom. The van der Waals surface area contributed by atoms with Crippen LogP contribution in [-0.4, -0.2) is 13.3 Å². The summed E-state index contributed by atoms with van der Waals surface area (Å²) in [6.07, 6.45) is 0. The van der Waals surface area contributed by atoms with Crippen molar-refractivity contribution in [2.24, 2.45) is 0 Å². The Kier molecular flexibility index (Phi) is 4.53. The second kappa shape index (κ2) is 6.20. The van der Waals surface area contributed by atoms with E-state index in [4.69, 9.17) is 0 Å². The molecule has 6 nitrogen and oxygen atoms in total. The summed E-state index contributed by atoms with van der Waals surface area (Å²) >= 11 is 0. The van der Waals surface area contributed by atoms with E-state index in [-0.39, 0.29) is 5.56 Å². The van der Waals surface area contributed by atoms with Gasteiger partial charge in [0.2, 0.25) is 10.0 Å². The number of sulfonamides is 1. The monoisotopic (exact) mass is 324 g/mol. The van der Waals surface area contributed by atoms with E-state index in [1.54, 1.807) is 6.07 Å². The molecule has 0 bridgehead atoms. The first-order valence-corrected chi connectivity index (χ1v) is 7.81. The van der Waals surface area contributed by atoms with Crippen molar-refractivity contribution in [1.29, 1.82) is 0 Å². The van der Waals surface area contributed by atoms with Gasteiger partial charge in [0.1, 0.15) is 5.82 Å². The smallest absolute Gasteiger partial charge is 0.258 e. The highest BCUT2D eigenvalue weighted by atomic mass is 32.2. The lowest BCUT2D eigenvalue weighted by Crippen LogP contribution is -2.28. The Morgan fingerprint density at radius 2 is 1.73 bits per heavy atom. The lowest BCUT2D eigenvalue weighted by Gasteiger charge is -2.15. The number of hydrogen-bond acceptors (Lipinski definition) is 4. The predicted octanol–water partition coefficient (Wildman–Crippen LogP) is 2.77. The van der Waals surface area contributed by atoms with Gasteiger partial charge in [0.15, 0.2) is 4.90 Å². The fraction of sp³-hybridized carbons (Fsp3) is 0.143. The van der Waals surface area contributed by atoms with Crippen LogP contribution in [0.2, 0.25) is 0 Å². The number of nitrogens with one attached hydrogen (secondary N) is 1. The average Bonchev–Trinajstić information content (AvgIpc) is 2.47. The van der Waals surface area contributed by atoms with Crippen LogP contribution in [0, 0.1) is 15.9 Å². The second-order valence-electron chi connectivity index (χ2n) is 4.59. The minimum absolute atomic E-state index is 0.157. The first-order chi connectivity index (χ1) is 10.3. The van der Waals surface area contributed by atoms with Gasteiger partial charge in [0.25, 0.3) is 5.69 Å². The Morgan fingerprint density at radius 1 is 1.14 bits per heavy atom. The normalized spacial score (nSPS) is 12.8. The third-order valence-electron chi connectivity index (χ3n) is 3.06. The summed E-state index contributed by atoms with van der Waals surface area (Å²) in [5.74, 6) is -0.555. The summed E-state index contributed by atoms with van der Waals surface area (Å²) < 4.78 is 40.6. The zero-order valence-corrected chi connectivity index (χ0v) is 12.4. The highest BCUT2D eigenvalue weighted by Crippen LogP contribution is 2.25. The van der Waals surface area contributed by atoms with Crippen LogP contribution < -0.4 is 4.72 Å². The maximum atomic E-state index is 13.7. The molecule has 0 spiro atoms. The van der Waals surface area contributed by atoms with Crippen molar-refractivity contribution < 1.29 is 17.7 Å². The molecule has 0 radical (unpaired) electrons. The zero-order chi connectivity index (χ0) is 16.3. The van der Waals surface area contributed by atoms with Gasteiger partial charge in [-0.2, -0.15) is 0 Å². The first kappa shape index (κ1) is 16.1. The van der Waals surface area contributed by atoms with E-state index < -0.39 is 37.4 Å². The van der Waals surface area contributed by atoms with E-state index in [9.17, 15) is 22.9 Å². The van der Waals surface area contributed by atoms with E-state index >= 15 is 0 Å². The van der Waals surface area contributed by atoms with Crippen LogP contribution in [0.25, 0.3) is 0 Å². The van der Waals surface area contributed by atoms with Gasteiger partial charge in [-0.05, 0) is 19.1 Å². The summed E-state index contributed by atoms with van der Waals surface area (Å²) in [4.78, 5) is 9.70. The molecule has 0 aromatic heterocycles. The Hall–Kier alpha value is -2.32.